The van der Waals surface area contributed by atoms with E-state index in [4.69, 9.17) is 4.74 Å². The number of ether oxygens (including phenoxy) is 1. The molecular weight excluding hydrogens is 560 g/mol. The van der Waals surface area contributed by atoms with Crippen LogP contribution in [0.2, 0.25) is 0 Å². The summed E-state index contributed by atoms with van der Waals surface area (Å²) in [6.45, 7) is 1.71. The molecule has 1 heterocycles. The lowest BCUT2D eigenvalue weighted by atomic mass is 9.76. The van der Waals surface area contributed by atoms with Gasteiger partial charge in [-0.2, -0.15) is 0 Å². The van der Waals surface area contributed by atoms with E-state index in [0.29, 0.717) is 0 Å². The van der Waals surface area contributed by atoms with Crippen molar-refractivity contribution in [3.63, 3.8) is 0 Å². The smallest absolute Gasteiger partial charge is 0.333 e. The Balaban J connectivity index is 1.42. The van der Waals surface area contributed by atoms with Crippen molar-refractivity contribution < 1.29 is 18.3 Å². The van der Waals surface area contributed by atoms with Crippen LogP contribution < -0.4 is 15.7 Å². The number of para-hydroxylation sites is 2. The molecule has 0 amide bonds. The van der Waals surface area contributed by atoms with Gasteiger partial charge in [0, 0.05) is 19.2 Å². The lowest BCUT2D eigenvalue weighted by Crippen LogP contribution is -2.52. The Labute approximate surface area is 252 Å². The number of hydrogen-bond acceptors (Lipinski definition) is 4. The zero-order valence-electron chi connectivity index (χ0n) is 24.1. The second kappa shape index (κ2) is 11.7. The molecule has 0 saturated heterocycles. The van der Waals surface area contributed by atoms with Crippen molar-refractivity contribution >= 4 is 17.0 Å². The van der Waals surface area contributed by atoms with Crippen LogP contribution in [-0.2, 0) is 17.4 Å². The average molecular weight is 590 g/mol. The van der Waals surface area contributed by atoms with Crippen LogP contribution in [0.3, 0.4) is 0 Å². The summed E-state index contributed by atoms with van der Waals surface area (Å²) < 4.78 is 37.2. The van der Waals surface area contributed by atoms with Crippen molar-refractivity contribution in [2.24, 2.45) is 7.05 Å². The molecule has 220 valence electrons. The van der Waals surface area contributed by atoms with E-state index in [-0.39, 0.29) is 22.5 Å². The first-order chi connectivity index (χ1) is 21.3. The Morgan fingerprint density at radius 3 is 1.82 bits per heavy atom. The number of carbonyl (C=O) groups excluding carboxylic acids is 1. The monoisotopic (exact) mass is 589 g/mol. The summed E-state index contributed by atoms with van der Waals surface area (Å²) in [6, 6.07) is 36.8. The standard InChI is InChI=1S/C36H29F2N3O3/c1-24(39-36(25-14-6-3-7-15-25,26-16-8-4-9-17-26)27-18-10-5-11-19-27)34(42)44-32-21-13-12-20-30(32)41-33-29(38)22-28(37)23-31(33)40(2)35(41)43/h3-24,39H,1-2H3/t24-/m0/s1. The van der Waals surface area contributed by atoms with E-state index in [9.17, 15) is 14.0 Å². The minimum atomic E-state index is -0.929. The van der Waals surface area contributed by atoms with E-state index in [2.05, 4.69) is 5.32 Å². The number of halogens is 2. The minimum Gasteiger partial charge on any atom is -0.423 e. The van der Waals surface area contributed by atoms with E-state index < -0.39 is 34.9 Å². The summed E-state index contributed by atoms with van der Waals surface area (Å²) in [5.74, 6) is -2.29. The molecule has 0 aliphatic rings. The summed E-state index contributed by atoms with van der Waals surface area (Å²) in [7, 11) is 1.43. The van der Waals surface area contributed by atoms with Crippen LogP contribution in [-0.4, -0.2) is 21.1 Å². The van der Waals surface area contributed by atoms with E-state index in [1.54, 1.807) is 25.1 Å². The number of benzene rings is 5. The van der Waals surface area contributed by atoms with Crippen LogP contribution in [0.5, 0.6) is 5.75 Å². The number of fused-ring (bicyclic) bond motifs is 1. The van der Waals surface area contributed by atoms with Gasteiger partial charge in [0.2, 0.25) is 0 Å². The van der Waals surface area contributed by atoms with Gasteiger partial charge in [-0.1, -0.05) is 103 Å². The van der Waals surface area contributed by atoms with Crippen LogP contribution in [0.25, 0.3) is 16.7 Å². The number of nitrogens with zero attached hydrogens (tertiary/aromatic N) is 2. The van der Waals surface area contributed by atoms with Gasteiger partial charge in [-0.15, -0.1) is 0 Å². The molecule has 8 heteroatoms. The van der Waals surface area contributed by atoms with Crippen LogP contribution in [0.1, 0.15) is 23.6 Å². The van der Waals surface area contributed by atoms with Crippen LogP contribution in [0.4, 0.5) is 8.78 Å². The molecule has 6 aromatic rings. The molecule has 0 saturated carbocycles. The predicted molar refractivity (Wildman–Crippen MR) is 166 cm³/mol. The minimum absolute atomic E-state index is 0.0502. The maximum absolute atomic E-state index is 15.0. The van der Waals surface area contributed by atoms with Crippen LogP contribution >= 0.6 is 0 Å². The quantitative estimate of drug-likeness (QED) is 0.125. The Hall–Kier alpha value is -5.34. The first-order valence-corrected chi connectivity index (χ1v) is 14.1. The van der Waals surface area contributed by atoms with Crippen molar-refractivity contribution in [3.8, 4) is 11.4 Å². The third-order valence-corrected chi connectivity index (χ3v) is 7.79. The number of hydrogen-bond donors (Lipinski definition) is 1. The first-order valence-electron chi connectivity index (χ1n) is 14.1. The van der Waals surface area contributed by atoms with E-state index >= 15 is 4.39 Å². The molecule has 6 rings (SSSR count). The molecule has 0 unspecified atom stereocenters. The fourth-order valence-electron chi connectivity index (χ4n) is 5.72. The zero-order chi connectivity index (χ0) is 30.8. The summed E-state index contributed by atoms with van der Waals surface area (Å²) in [6.07, 6.45) is 0. The van der Waals surface area contributed by atoms with Gasteiger partial charge >= 0.3 is 11.7 Å². The SMILES string of the molecule is C[C@H](NC(c1ccccc1)(c1ccccc1)c1ccccc1)C(=O)Oc1ccccc1-n1c(=O)n(C)c2cc(F)cc(F)c21. The topological polar surface area (TPSA) is 65.3 Å². The van der Waals surface area contributed by atoms with Crippen LogP contribution in [0.15, 0.2) is 132 Å². The normalized spacial score (nSPS) is 12.3. The Kier molecular flexibility index (Phi) is 7.67. The third kappa shape index (κ3) is 4.99. The molecule has 0 spiro atoms. The highest BCUT2D eigenvalue weighted by Crippen LogP contribution is 2.37. The molecule has 0 fully saturated rings. The highest BCUT2D eigenvalue weighted by Gasteiger charge is 2.39. The highest BCUT2D eigenvalue weighted by molar-refractivity contribution is 5.82. The number of rotatable bonds is 8. The van der Waals surface area contributed by atoms with Crippen molar-refractivity contribution in [2.45, 2.75) is 18.5 Å². The van der Waals surface area contributed by atoms with Crippen LogP contribution in [0, 0.1) is 11.6 Å². The Morgan fingerprint density at radius 2 is 1.27 bits per heavy atom. The molecule has 0 aliphatic heterocycles. The number of imidazole rings is 1. The average Bonchev–Trinajstić information content (AvgIpc) is 3.30. The molecule has 6 nitrogen and oxygen atoms in total. The fraction of sp³-hybridized carbons (Fsp3) is 0.111. The number of nitrogens with one attached hydrogen (secondary N) is 1. The van der Waals surface area contributed by atoms with Crippen molar-refractivity contribution in [2.75, 3.05) is 0 Å². The third-order valence-electron chi connectivity index (χ3n) is 7.79. The molecule has 1 N–H and O–H groups in total. The molecule has 44 heavy (non-hydrogen) atoms. The molecular formula is C36H29F2N3O3. The Bertz CT molecular complexity index is 1910. The summed E-state index contributed by atoms with van der Waals surface area (Å²) >= 11 is 0. The lowest BCUT2D eigenvalue weighted by Gasteiger charge is -2.38. The van der Waals surface area contributed by atoms with Gasteiger partial charge in [-0.3, -0.25) is 14.5 Å². The molecule has 1 aromatic heterocycles. The van der Waals surface area contributed by atoms with E-state index in [1.165, 1.54) is 13.1 Å². The second-order valence-corrected chi connectivity index (χ2v) is 10.5. The predicted octanol–water partition coefficient (Wildman–Crippen LogP) is 6.48. The molecule has 1 atom stereocenters. The number of aromatic nitrogens is 2. The number of esters is 1. The molecule has 0 aliphatic carbocycles. The fourth-order valence-corrected chi connectivity index (χ4v) is 5.72. The van der Waals surface area contributed by atoms with Crippen molar-refractivity contribution in [1.29, 1.82) is 0 Å². The van der Waals surface area contributed by atoms with Gasteiger partial charge in [0.1, 0.15) is 17.4 Å². The molecule has 0 radical (unpaired) electrons. The maximum atomic E-state index is 15.0. The van der Waals surface area contributed by atoms with E-state index in [1.807, 2.05) is 91.0 Å². The summed E-state index contributed by atoms with van der Waals surface area (Å²) in [5.41, 5.74) is 1.31. The first kappa shape index (κ1) is 28.8. The van der Waals surface area contributed by atoms with Gasteiger partial charge in [-0.05, 0) is 35.7 Å². The van der Waals surface area contributed by atoms with Crippen molar-refractivity contribution in [3.05, 3.63) is 166 Å². The van der Waals surface area contributed by atoms with E-state index in [0.717, 1.165) is 38.0 Å². The number of carbonyl (C=O) groups is 1. The van der Waals surface area contributed by atoms with Gasteiger partial charge in [-0.25, -0.2) is 18.4 Å². The largest absolute Gasteiger partial charge is 0.423 e. The maximum Gasteiger partial charge on any atom is 0.333 e. The van der Waals surface area contributed by atoms with Gasteiger partial charge in [0.25, 0.3) is 0 Å². The van der Waals surface area contributed by atoms with Crippen molar-refractivity contribution in [1.82, 2.24) is 14.5 Å². The zero-order valence-corrected chi connectivity index (χ0v) is 24.1. The lowest BCUT2D eigenvalue weighted by molar-refractivity contribution is -0.136. The summed E-state index contributed by atoms with van der Waals surface area (Å²) in [5, 5.41) is 3.57. The number of aryl methyl sites for hydroxylation is 1. The molecule has 0 bridgehead atoms. The van der Waals surface area contributed by atoms with Gasteiger partial charge < -0.3 is 4.74 Å². The highest BCUT2D eigenvalue weighted by atomic mass is 19.1. The second-order valence-electron chi connectivity index (χ2n) is 10.5. The summed E-state index contributed by atoms with van der Waals surface area (Å²) in [4.78, 5) is 27.1. The molecule has 5 aromatic carbocycles. The van der Waals surface area contributed by atoms with Gasteiger partial charge in [0.05, 0.1) is 16.7 Å². The van der Waals surface area contributed by atoms with Gasteiger partial charge in [0.15, 0.2) is 11.6 Å². The Morgan fingerprint density at radius 1 is 0.773 bits per heavy atom.